The van der Waals surface area contributed by atoms with E-state index in [0.717, 1.165) is 17.8 Å². The zero-order valence-electron chi connectivity index (χ0n) is 18.2. The normalized spacial score (nSPS) is 10.5. The number of carbonyl (C=O) groups is 1. The summed E-state index contributed by atoms with van der Waals surface area (Å²) in [7, 11) is 0. The molecule has 0 fully saturated rings. The van der Waals surface area contributed by atoms with Crippen LogP contribution >= 0.6 is 0 Å². The Bertz CT molecular complexity index is 1100. The summed E-state index contributed by atoms with van der Waals surface area (Å²) >= 11 is 0. The number of nitriles is 1. The summed E-state index contributed by atoms with van der Waals surface area (Å²) in [4.78, 5) is 19.1. The van der Waals surface area contributed by atoms with E-state index in [0.29, 0.717) is 28.6 Å². The van der Waals surface area contributed by atoms with E-state index in [1.165, 1.54) is 0 Å². The van der Waals surface area contributed by atoms with Gasteiger partial charge in [0, 0.05) is 35.7 Å². The number of hydrogen-bond donors (Lipinski definition) is 1. The molecule has 0 aliphatic rings. The molecule has 0 saturated heterocycles. The Morgan fingerprint density at radius 2 is 1.94 bits per heavy atom. The number of aryl methyl sites for hydroxylation is 1. The first-order valence-corrected chi connectivity index (χ1v) is 10.2. The Kier molecular flexibility index (Phi) is 6.88. The lowest BCUT2D eigenvalue weighted by atomic mass is 10.1. The lowest BCUT2D eigenvalue weighted by Gasteiger charge is -2.27. The van der Waals surface area contributed by atoms with Gasteiger partial charge < -0.3 is 15.0 Å². The summed E-state index contributed by atoms with van der Waals surface area (Å²) in [6.07, 6.45) is 1.57. The number of aromatic nitrogens is 1. The van der Waals surface area contributed by atoms with Gasteiger partial charge in [-0.05, 0) is 87.9 Å². The fraction of sp³-hybridized carbons (Fsp3) is 0.240. The molecular formula is C25H26N4O2. The highest BCUT2D eigenvalue weighted by atomic mass is 16.5. The lowest BCUT2D eigenvalue weighted by molar-refractivity contribution is 0.102. The Morgan fingerprint density at radius 1 is 1.19 bits per heavy atom. The van der Waals surface area contributed by atoms with Crippen LogP contribution in [0.1, 0.15) is 42.3 Å². The standard InChI is InChI=1S/C25H26N4O2/c1-5-29(17(2)3)21-10-8-19(9-11-21)24(30)28-23-13-12-22(15-18(23)4)31-25-20(16-26)7-6-14-27-25/h6-15,17H,5H2,1-4H3,(H,28,30). The van der Waals surface area contributed by atoms with Crippen molar-refractivity contribution in [3.05, 3.63) is 77.5 Å². The first-order chi connectivity index (χ1) is 14.9. The van der Waals surface area contributed by atoms with E-state index in [-0.39, 0.29) is 11.8 Å². The second-order valence-electron chi connectivity index (χ2n) is 7.43. The van der Waals surface area contributed by atoms with E-state index in [4.69, 9.17) is 4.74 Å². The van der Waals surface area contributed by atoms with Crippen LogP contribution in [-0.2, 0) is 0 Å². The highest BCUT2D eigenvalue weighted by molar-refractivity contribution is 6.04. The number of nitrogens with zero attached hydrogens (tertiary/aromatic N) is 3. The molecule has 0 spiro atoms. The molecule has 0 bridgehead atoms. The average molecular weight is 415 g/mol. The van der Waals surface area contributed by atoms with E-state index in [9.17, 15) is 10.1 Å². The molecule has 0 radical (unpaired) electrons. The van der Waals surface area contributed by atoms with Gasteiger partial charge in [-0.25, -0.2) is 4.98 Å². The van der Waals surface area contributed by atoms with Crippen molar-refractivity contribution in [2.24, 2.45) is 0 Å². The van der Waals surface area contributed by atoms with Gasteiger partial charge in [-0.3, -0.25) is 4.79 Å². The number of rotatable bonds is 7. The number of pyridine rings is 1. The molecular weight excluding hydrogens is 388 g/mol. The molecule has 31 heavy (non-hydrogen) atoms. The Balaban J connectivity index is 1.71. The highest BCUT2D eigenvalue weighted by Gasteiger charge is 2.12. The van der Waals surface area contributed by atoms with Gasteiger partial charge in [-0.2, -0.15) is 5.26 Å². The number of anilines is 2. The van der Waals surface area contributed by atoms with Crippen LogP contribution < -0.4 is 15.0 Å². The fourth-order valence-corrected chi connectivity index (χ4v) is 3.35. The summed E-state index contributed by atoms with van der Waals surface area (Å²) in [5.74, 6) is 0.625. The van der Waals surface area contributed by atoms with E-state index in [1.807, 2.05) is 31.2 Å². The minimum Gasteiger partial charge on any atom is -0.438 e. The molecule has 0 atom stereocenters. The predicted octanol–water partition coefficient (Wildman–Crippen LogP) is 5.54. The van der Waals surface area contributed by atoms with Crippen molar-refractivity contribution in [3.63, 3.8) is 0 Å². The van der Waals surface area contributed by atoms with Crippen LogP contribution in [0.15, 0.2) is 60.8 Å². The van der Waals surface area contributed by atoms with E-state index < -0.39 is 0 Å². The summed E-state index contributed by atoms with van der Waals surface area (Å²) in [5, 5.41) is 12.1. The van der Waals surface area contributed by atoms with Gasteiger partial charge in [-0.1, -0.05) is 0 Å². The maximum atomic E-state index is 12.7. The zero-order valence-corrected chi connectivity index (χ0v) is 18.2. The van der Waals surface area contributed by atoms with Crippen LogP contribution in [0.5, 0.6) is 11.6 Å². The largest absolute Gasteiger partial charge is 0.438 e. The molecule has 0 aliphatic carbocycles. The highest BCUT2D eigenvalue weighted by Crippen LogP contribution is 2.27. The third kappa shape index (κ3) is 5.20. The molecule has 6 heteroatoms. The monoisotopic (exact) mass is 414 g/mol. The van der Waals surface area contributed by atoms with Gasteiger partial charge in [0.25, 0.3) is 5.91 Å². The second-order valence-corrected chi connectivity index (χ2v) is 7.43. The number of amides is 1. The minimum absolute atomic E-state index is 0.174. The van der Waals surface area contributed by atoms with Crippen LogP contribution in [0.3, 0.4) is 0 Å². The van der Waals surface area contributed by atoms with Gasteiger partial charge in [0.15, 0.2) is 0 Å². The molecule has 158 valence electrons. The quantitative estimate of drug-likeness (QED) is 0.549. The van der Waals surface area contributed by atoms with E-state index >= 15 is 0 Å². The minimum atomic E-state index is -0.174. The molecule has 6 nitrogen and oxygen atoms in total. The molecule has 1 aromatic heterocycles. The Morgan fingerprint density at radius 3 is 2.55 bits per heavy atom. The fourth-order valence-electron chi connectivity index (χ4n) is 3.35. The lowest BCUT2D eigenvalue weighted by Crippen LogP contribution is -2.30. The first-order valence-electron chi connectivity index (χ1n) is 10.2. The second kappa shape index (κ2) is 9.77. The smallest absolute Gasteiger partial charge is 0.255 e. The van der Waals surface area contributed by atoms with Gasteiger partial charge >= 0.3 is 0 Å². The van der Waals surface area contributed by atoms with Crippen molar-refractivity contribution >= 4 is 17.3 Å². The number of hydrogen-bond acceptors (Lipinski definition) is 5. The van der Waals surface area contributed by atoms with Crippen molar-refractivity contribution in [1.82, 2.24) is 4.98 Å². The van der Waals surface area contributed by atoms with E-state index in [1.54, 1.807) is 36.5 Å². The summed E-state index contributed by atoms with van der Waals surface area (Å²) in [5.41, 5.74) is 3.59. The Hall–Kier alpha value is -3.85. The summed E-state index contributed by atoms with van der Waals surface area (Å²) < 4.78 is 5.74. The maximum absolute atomic E-state index is 12.7. The van der Waals surface area contributed by atoms with Crippen LogP contribution in [0.2, 0.25) is 0 Å². The van der Waals surface area contributed by atoms with Crippen molar-refractivity contribution in [1.29, 1.82) is 5.26 Å². The molecule has 1 heterocycles. The topological polar surface area (TPSA) is 78.2 Å². The van der Waals surface area contributed by atoms with Gasteiger partial charge in [-0.15, -0.1) is 0 Å². The SMILES string of the molecule is CCN(c1ccc(C(=O)Nc2ccc(Oc3ncccc3C#N)cc2C)cc1)C(C)C. The van der Waals surface area contributed by atoms with Crippen LogP contribution in [0.25, 0.3) is 0 Å². The number of nitrogens with one attached hydrogen (secondary N) is 1. The number of benzene rings is 2. The molecule has 0 saturated carbocycles. The van der Waals surface area contributed by atoms with Crippen molar-refractivity contribution in [2.75, 3.05) is 16.8 Å². The van der Waals surface area contributed by atoms with Crippen molar-refractivity contribution in [2.45, 2.75) is 33.7 Å². The summed E-state index contributed by atoms with van der Waals surface area (Å²) in [6.45, 7) is 9.21. The van der Waals surface area contributed by atoms with Gasteiger partial charge in [0.2, 0.25) is 5.88 Å². The Labute approximate surface area is 183 Å². The molecule has 3 aromatic rings. The van der Waals surface area contributed by atoms with Gasteiger partial charge in [0.05, 0.1) is 0 Å². The number of ether oxygens (including phenoxy) is 1. The molecule has 1 amide bonds. The number of carbonyl (C=O) groups excluding carboxylic acids is 1. The summed E-state index contributed by atoms with van der Waals surface area (Å²) in [6, 6.07) is 18.7. The predicted molar refractivity (Wildman–Crippen MR) is 123 cm³/mol. The maximum Gasteiger partial charge on any atom is 0.255 e. The molecule has 2 aromatic carbocycles. The van der Waals surface area contributed by atoms with Crippen LogP contribution in [-0.4, -0.2) is 23.5 Å². The third-order valence-corrected chi connectivity index (χ3v) is 4.98. The molecule has 0 unspecified atom stereocenters. The van der Waals surface area contributed by atoms with Crippen molar-refractivity contribution in [3.8, 4) is 17.7 Å². The third-order valence-electron chi connectivity index (χ3n) is 4.98. The molecule has 0 aliphatic heterocycles. The zero-order chi connectivity index (χ0) is 22.4. The molecule has 1 N–H and O–H groups in total. The van der Waals surface area contributed by atoms with Gasteiger partial charge in [0.1, 0.15) is 17.4 Å². The molecule has 3 rings (SSSR count). The first kappa shape index (κ1) is 21.8. The van der Waals surface area contributed by atoms with Crippen LogP contribution in [0, 0.1) is 18.3 Å². The van der Waals surface area contributed by atoms with Crippen LogP contribution in [0.4, 0.5) is 11.4 Å². The van der Waals surface area contributed by atoms with Crippen molar-refractivity contribution < 1.29 is 9.53 Å². The van der Waals surface area contributed by atoms with E-state index in [2.05, 4.69) is 42.0 Å². The average Bonchev–Trinajstić information content (AvgIpc) is 2.76.